The Morgan fingerprint density at radius 2 is 1.36 bits per heavy atom. The minimum absolute atomic E-state index is 0.191. The van der Waals surface area contributed by atoms with Crippen molar-refractivity contribution < 1.29 is 34.2 Å². The molecule has 7 nitrogen and oxygen atoms in total. The summed E-state index contributed by atoms with van der Waals surface area (Å²) >= 11 is 0. The molecule has 0 atom stereocenters. The van der Waals surface area contributed by atoms with E-state index in [1.807, 2.05) is 0 Å². The van der Waals surface area contributed by atoms with Crippen molar-refractivity contribution in [1.82, 2.24) is 0 Å². The normalized spacial score (nSPS) is 11.7. The van der Waals surface area contributed by atoms with Gasteiger partial charge in [0, 0.05) is 0 Å². The lowest BCUT2D eigenvalue weighted by atomic mass is 10.1. The average molecular weight is 357 g/mol. The fraction of sp³-hybridized carbons (Fsp3) is 0.722. The van der Waals surface area contributed by atoms with Gasteiger partial charge in [0.15, 0.2) is 13.1 Å². The summed E-state index contributed by atoms with van der Waals surface area (Å²) in [7, 11) is 0. The summed E-state index contributed by atoms with van der Waals surface area (Å²) in [6, 6.07) is 0. The fourth-order valence-corrected chi connectivity index (χ4v) is 2.89. The smallest absolute Gasteiger partial charge is 0.359 e. The molecule has 0 radical (unpaired) electrons. The average Bonchev–Trinajstić information content (AvgIpc) is 2.47. The van der Waals surface area contributed by atoms with E-state index >= 15 is 0 Å². The van der Waals surface area contributed by atoms with Gasteiger partial charge in [-0.2, -0.15) is 0 Å². The SMILES string of the molecule is CCCCCC/C=C/CCCC[N+](CC(=O)[O-])(CC(=O)O)CC(=O)O. The number of carboxylic acid groups (broad SMARTS) is 3. The number of aliphatic carboxylic acids is 3. The highest BCUT2D eigenvalue weighted by Gasteiger charge is 2.33. The topological polar surface area (TPSA) is 115 Å². The molecule has 0 spiro atoms. The molecule has 0 rings (SSSR count). The summed E-state index contributed by atoms with van der Waals surface area (Å²) in [6.45, 7) is 0.688. The van der Waals surface area contributed by atoms with Gasteiger partial charge in [0.2, 0.25) is 0 Å². The third-order valence-electron chi connectivity index (χ3n) is 4.05. The third-order valence-corrected chi connectivity index (χ3v) is 4.05. The van der Waals surface area contributed by atoms with Crippen molar-refractivity contribution in [2.75, 3.05) is 26.2 Å². The van der Waals surface area contributed by atoms with Crippen LogP contribution >= 0.6 is 0 Å². The zero-order valence-electron chi connectivity index (χ0n) is 15.1. The van der Waals surface area contributed by atoms with Crippen molar-refractivity contribution in [2.45, 2.75) is 58.3 Å². The van der Waals surface area contributed by atoms with E-state index in [9.17, 15) is 19.5 Å². The quantitative estimate of drug-likeness (QED) is 0.245. The lowest BCUT2D eigenvalue weighted by molar-refractivity contribution is -0.909. The van der Waals surface area contributed by atoms with Gasteiger partial charge >= 0.3 is 11.9 Å². The highest BCUT2D eigenvalue weighted by molar-refractivity contribution is 5.72. The second-order valence-corrected chi connectivity index (χ2v) is 6.52. The monoisotopic (exact) mass is 357 g/mol. The molecule has 0 aliphatic rings. The van der Waals surface area contributed by atoms with Crippen LogP contribution in [0.25, 0.3) is 0 Å². The molecule has 0 aliphatic carbocycles. The molecule has 0 bridgehead atoms. The highest BCUT2D eigenvalue weighted by atomic mass is 16.4. The van der Waals surface area contributed by atoms with Gasteiger partial charge in [-0.05, 0) is 32.1 Å². The van der Waals surface area contributed by atoms with Crippen LogP contribution < -0.4 is 5.11 Å². The maximum atomic E-state index is 11.0. The first-order valence-corrected chi connectivity index (χ1v) is 8.95. The van der Waals surface area contributed by atoms with Crippen molar-refractivity contribution in [3.63, 3.8) is 0 Å². The van der Waals surface area contributed by atoms with Gasteiger partial charge in [-0.25, -0.2) is 9.59 Å². The maximum absolute atomic E-state index is 11.0. The van der Waals surface area contributed by atoms with Gasteiger partial charge in [-0.15, -0.1) is 0 Å². The summed E-state index contributed by atoms with van der Waals surface area (Å²) in [4.78, 5) is 33.0. The number of allylic oxidation sites excluding steroid dienone is 2. The molecule has 0 saturated heterocycles. The summed E-state index contributed by atoms with van der Waals surface area (Å²) in [5, 5.41) is 28.9. The number of carbonyl (C=O) groups is 3. The maximum Gasteiger partial charge on any atom is 0.359 e. The Kier molecular flexibility index (Phi) is 12.4. The summed E-state index contributed by atoms with van der Waals surface area (Å²) < 4.78 is -0.520. The first-order chi connectivity index (χ1) is 11.8. The van der Waals surface area contributed by atoms with Crippen LogP contribution in [0.1, 0.15) is 58.3 Å². The van der Waals surface area contributed by atoms with Gasteiger partial charge < -0.3 is 24.6 Å². The second-order valence-electron chi connectivity index (χ2n) is 6.52. The van der Waals surface area contributed by atoms with E-state index in [4.69, 9.17) is 10.2 Å². The highest BCUT2D eigenvalue weighted by Crippen LogP contribution is 2.11. The molecule has 0 heterocycles. The lowest BCUT2D eigenvalue weighted by Gasteiger charge is -2.36. The first kappa shape index (κ1) is 23.1. The second kappa shape index (κ2) is 13.4. The Balaban J connectivity index is 4.36. The number of quaternary nitrogens is 1. The zero-order chi connectivity index (χ0) is 19.1. The van der Waals surface area contributed by atoms with Crippen molar-refractivity contribution in [3.05, 3.63) is 12.2 Å². The van der Waals surface area contributed by atoms with Crippen molar-refractivity contribution in [2.24, 2.45) is 0 Å². The Bertz CT molecular complexity index is 406. The van der Waals surface area contributed by atoms with Gasteiger partial charge in [0.05, 0.1) is 12.5 Å². The Hall–Kier alpha value is -1.89. The molecule has 0 aromatic rings. The summed E-state index contributed by atoms with van der Waals surface area (Å²) in [6.07, 6.45) is 12.3. The Morgan fingerprint density at radius 1 is 0.840 bits per heavy atom. The number of carbonyl (C=O) groups excluding carboxylic acids is 1. The minimum Gasteiger partial charge on any atom is -0.544 e. The van der Waals surface area contributed by atoms with Gasteiger partial charge in [0.25, 0.3) is 0 Å². The molecular weight excluding hydrogens is 326 g/mol. The molecule has 144 valence electrons. The van der Waals surface area contributed by atoms with E-state index in [-0.39, 0.29) is 6.54 Å². The first-order valence-electron chi connectivity index (χ1n) is 8.95. The van der Waals surface area contributed by atoms with Crippen LogP contribution in [-0.2, 0) is 14.4 Å². The van der Waals surface area contributed by atoms with E-state index in [0.717, 1.165) is 19.3 Å². The molecule has 0 aromatic carbocycles. The van der Waals surface area contributed by atoms with Crippen LogP contribution in [0, 0.1) is 0 Å². The number of hydrogen-bond donors (Lipinski definition) is 2. The van der Waals surface area contributed by atoms with E-state index in [1.165, 1.54) is 25.7 Å². The molecule has 0 aliphatic heterocycles. The number of unbranched alkanes of at least 4 members (excludes halogenated alkanes) is 6. The summed E-state index contributed by atoms with van der Waals surface area (Å²) in [5.41, 5.74) is 0. The van der Waals surface area contributed by atoms with Crippen LogP contribution in [-0.4, -0.2) is 58.8 Å². The van der Waals surface area contributed by atoms with Crippen molar-refractivity contribution >= 4 is 17.9 Å². The van der Waals surface area contributed by atoms with Crippen LogP contribution in [0.2, 0.25) is 0 Å². The van der Waals surface area contributed by atoms with Gasteiger partial charge in [-0.1, -0.05) is 38.3 Å². The number of hydrogen-bond acceptors (Lipinski definition) is 4. The molecular formula is C18H31NO6. The predicted octanol–water partition coefficient (Wildman–Crippen LogP) is 1.42. The molecule has 0 amide bonds. The van der Waals surface area contributed by atoms with E-state index in [2.05, 4.69) is 19.1 Å². The molecule has 25 heavy (non-hydrogen) atoms. The van der Waals surface area contributed by atoms with E-state index in [1.54, 1.807) is 0 Å². The molecule has 0 aromatic heterocycles. The minimum atomic E-state index is -1.44. The third kappa shape index (κ3) is 13.1. The molecule has 7 heteroatoms. The fourth-order valence-electron chi connectivity index (χ4n) is 2.89. The molecule has 0 unspecified atom stereocenters. The lowest BCUT2D eigenvalue weighted by Crippen LogP contribution is -2.59. The Morgan fingerprint density at radius 3 is 1.80 bits per heavy atom. The zero-order valence-corrected chi connectivity index (χ0v) is 15.1. The molecule has 0 saturated carbocycles. The van der Waals surface area contributed by atoms with E-state index < -0.39 is 42.0 Å². The Labute approximate surface area is 149 Å². The van der Waals surface area contributed by atoms with Crippen LogP contribution in [0.4, 0.5) is 0 Å². The van der Waals surface area contributed by atoms with Crippen LogP contribution in [0.15, 0.2) is 12.2 Å². The molecule has 0 fully saturated rings. The molecule has 2 N–H and O–H groups in total. The predicted molar refractivity (Wildman–Crippen MR) is 91.8 cm³/mol. The number of nitrogens with zero attached hydrogens (tertiary/aromatic N) is 1. The van der Waals surface area contributed by atoms with Crippen molar-refractivity contribution in [3.8, 4) is 0 Å². The largest absolute Gasteiger partial charge is 0.544 e. The van der Waals surface area contributed by atoms with Crippen LogP contribution in [0.5, 0.6) is 0 Å². The van der Waals surface area contributed by atoms with Crippen molar-refractivity contribution in [1.29, 1.82) is 0 Å². The van der Waals surface area contributed by atoms with Gasteiger partial charge in [0.1, 0.15) is 6.54 Å². The number of carboxylic acids is 3. The summed E-state index contributed by atoms with van der Waals surface area (Å²) in [5.74, 6) is -3.86. The van der Waals surface area contributed by atoms with Crippen LogP contribution in [0.3, 0.4) is 0 Å². The van der Waals surface area contributed by atoms with E-state index in [0.29, 0.717) is 6.42 Å². The standard InChI is InChI=1S/C18H31NO6/c1-2-3-4-5-6-7-8-9-10-11-12-19(13-16(20)21,14-17(22)23)15-18(24)25/h7-8H,2-6,9-15H2,1H3,(H2-,20,21,22,23,24,25)/b8-7+. The number of rotatable bonds is 16. The van der Waals surface area contributed by atoms with Gasteiger partial charge in [-0.3, -0.25) is 0 Å².